The third-order valence-electron chi connectivity index (χ3n) is 6.35. The predicted octanol–water partition coefficient (Wildman–Crippen LogP) is 6.36. The summed E-state index contributed by atoms with van der Waals surface area (Å²) in [5, 5.41) is 1.18. The smallest absolute Gasteiger partial charge is 0.254 e. The number of nitrogens with zero attached hydrogens (tertiary/aromatic N) is 2. The molecule has 0 aliphatic carbocycles. The van der Waals surface area contributed by atoms with Crippen molar-refractivity contribution >= 4 is 38.6 Å². The van der Waals surface area contributed by atoms with Crippen LogP contribution in [-0.4, -0.2) is 46.2 Å². The SMILES string of the molecule is CCCN(CC(=O)N(CCc1c[nH]c2ccccc12)Cc1ccc(C)cc1)C(=O)c1cccc(Br)c1. The third-order valence-corrected chi connectivity index (χ3v) is 6.84. The zero-order chi connectivity index (χ0) is 25.5. The Morgan fingerprint density at radius 3 is 2.44 bits per heavy atom. The quantitative estimate of drug-likeness (QED) is 0.252. The Balaban J connectivity index is 1.53. The summed E-state index contributed by atoms with van der Waals surface area (Å²) in [5.74, 6) is -0.175. The van der Waals surface area contributed by atoms with Crippen LogP contribution in [0.1, 0.15) is 40.4 Å². The number of aryl methyl sites for hydroxylation is 1. The molecule has 0 fully saturated rings. The van der Waals surface area contributed by atoms with Crippen LogP contribution in [0.5, 0.6) is 0 Å². The molecule has 186 valence electrons. The van der Waals surface area contributed by atoms with Gasteiger partial charge in [-0.25, -0.2) is 0 Å². The van der Waals surface area contributed by atoms with Crippen molar-refractivity contribution in [3.63, 3.8) is 0 Å². The van der Waals surface area contributed by atoms with Crippen LogP contribution >= 0.6 is 15.9 Å². The lowest BCUT2D eigenvalue weighted by molar-refractivity contribution is -0.132. The number of fused-ring (bicyclic) bond motifs is 1. The molecule has 0 radical (unpaired) electrons. The molecule has 0 saturated heterocycles. The Morgan fingerprint density at radius 1 is 0.917 bits per heavy atom. The van der Waals surface area contributed by atoms with E-state index in [2.05, 4.69) is 64.2 Å². The largest absolute Gasteiger partial charge is 0.361 e. The molecule has 0 aliphatic rings. The van der Waals surface area contributed by atoms with Gasteiger partial charge >= 0.3 is 0 Å². The fourth-order valence-electron chi connectivity index (χ4n) is 4.39. The monoisotopic (exact) mass is 545 g/mol. The van der Waals surface area contributed by atoms with Crippen LogP contribution in [0, 0.1) is 6.92 Å². The Kier molecular flexibility index (Phi) is 8.60. The van der Waals surface area contributed by atoms with Gasteiger partial charge in [0.1, 0.15) is 6.54 Å². The van der Waals surface area contributed by atoms with Gasteiger partial charge in [0.15, 0.2) is 0 Å². The minimum absolute atomic E-state index is 0.0489. The number of hydrogen-bond acceptors (Lipinski definition) is 2. The molecule has 5 nitrogen and oxygen atoms in total. The molecule has 0 aliphatic heterocycles. The van der Waals surface area contributed by atoms with Gasteiger partial charge < -0.3 is 14.8 Å². The van der Waals surface area contributed by atoms with E-state index in [1.54, 1.807) is 17.0 Å². The van der Waals surface area contributed by atoms with E-state index >= 15 is 0 Å². The summed E-state index contributed by atoms with van der Waals surface area (Å²) in [6.45, 7) is 5.73. The Hall–Kier alpha value is -3.38. The molecule has 3 aromatic carbocycles. The van der Waals surface area contributed by atoms with Gasteiger partial charge in [0.05, 0.1) is 0 Å². The van der Waals surface area contributed by atoms with Crippen molar-refractivity contribution in [2.24, 2.45) is 0 Å². The van der Waals surface area contributed by atoms with E-state index in [0.29, 0.717) is 25.2 Å². The lowest BCUT2D eigenvalue weighted by Gasteiger charge is -2.28. The summed E-state index contributed by atoms with van der Waals surface area (Å²) in [6.07, 6.45) is 3.54. The Bertz CT molecular complexity index is 1330. The predicted molar refractivity (Wildman–Crippen MR) is 149 cm³/mol. The lowest BCUT2D eigenvalue weighted by Crippen LogP contribution is -2.43. The number of carbonyl (C=O) groups is 2. The number of halogens is 1. The summed E-state index contributed by atoms with van der Waals surface area (Å²) in [6, 6.07) is 23.8. The van der Waals surface area contributed by atoms with Gasteiger partial charge in [-0.2, -0.15) is 0 Å². The van der Waals surface area contributed by atoms with E-state index in [1.165, 1.54) is 16.5 Å². The van der Waals surface area contributed by atoms with Crippen molar-refractivity contribution in [1.29, 1.82) is 0 Å². The molecular weight excluding hydrogens is 514 g/mol. The maximum atomic E-state index is 13.6. The minimum Gasteiger partial charge on any atom is -0.361 e. The maximum absolute atomic E-state index is 13.6. The maximum Gasteiger partial charge on any atom is 0.254 e. The molecule has 0 atom stereocenters. The number of rotatable bonds is 10. The van der Waals surface area contributed by atoms with Gasteiger partial charge in [-0.3, -0.25) is 9.59 Å². The molecule has 1 aromatic heterocycles. The molecule has 4 aromatic rings. The van der Waals surface area contributed by atoms with Crippen molar-refractivity contribution < 1.29 is 9.59 Å². The van der Waals surface area contributed by atoms with Crippen LogP contribution < -0.4 is 0 Å². The van der Waals surface area contributed by atoms with Crippen LogP contribution in [0.15, 0.2) is 83.5 Å². The molecule has 0 unspecified atom stereocenters. The zero-order valence-corrected chi connectivity index (χ0v) is 22.4. The standard InChI is InChI=1S/C30H32BrN3O2/c1-3-16-34(30(36)24-7-6-8-26(31)18-24)21-29(35)33(20-23-13-11-22(2)12-14-23)17-15-25-19-32-28-10-5-4-9-27(25)28/h4-14,18-19,32H,3,15-17,20-21H2,1-2H3. The van der Waals surface area contributed by atoms with Crippen LogP contribution in [0.2, 0.25) is 0 Å². The highest BCUT2D eigenvalue weighted by atomic mass is 79.9. The highest BCUT2D eigenvalue weighted by Gasteiger charge is 2.22. The molecule has 0 saturated carbocycles. The summed E-state index contributed by atoms with van der Waals surface area (Å²) < 4.78 is 0.843. The average Bonchev–Trinajstić information content (AvgIpc) is 3.30. The highest BCUT2D eigenvalue weighted by Crippen LogP contribution is 2.19. The van der Waals surface area contributed by atoms with E-state index in [-0.39, 0.29) is 18.4 Å². The van der Waals surface area contributed by atoms with Gasteiger partial charge in [-0.15, -0.1) is 0 Å². The molecule has 1 N–H and O–H groups in total. The highest BCUT2D eigenvalue weighted by molar-refractivity contribution is 9.10. The molecule has 4 rings (SSSR count). The van der Waals surface area contributed by atoms with Crippen molar-refractivity contribution in [2.45, 2.75) is 33.2 Å². The fraction of sp³-hybridized carbons (Fsp3) is 0.267. The van der Waals surface area contributed by atoms with Gasteiger partial charge in [-0.1, -0.05) is 76.9 Å². The Labute approximate surface area is 221 Å². The first kappa shape index (κ1) is 25.7. The van der Waals surface area contributed by atoms with Crippen molar-refractivity contribution in [3.05, 3.63) is 106 Å². The second-order valence-corrected chi connectivity index (χ2v) is 10.1. The van der Waals surface area contributed by atoms with Crippen molar-refractivity contribution in [3.8, 4) is 0 Å². The van der Waals surface area contributed by atoms with Gasteiger partial charge in [0.25, 0.3) is 5.91 Å². The first-order chi connectivity index (χ1) is 17.4. The normalized spacial score (nSPS) is 11.0. The molecule has 0 spiro atoms. The molecule has 36 heavy (non-hydrogen) atoms. The number of aromatic nitrogens is 1. The fourth-order valence-corrected chi connectivity index (χ4v) is 4.79. The van der Waals surface area contributed by atoms with E-state index < -0.39 is 0 Å². The van der Waals surface area contributed by atoms with E-state index in [0.717, 1.165) is 28.4 Å². The van der Waals surface area contributed by atoms with E-state index in [4.69, 9.17) is 0 Å². The lowest BCUT2D eigenvalue weighted by atomic mass is 10.1. The number of benzene rings is 3. The van der Waals surface area contributed by atoms with Gasteiger partial charge in [0.2, 0.25) is 5.91 Å². The third kappa shape index (κ3) is 6.43. The van der Waals surface area contributed by atoms with Gasteiger partial charge in [0, 0.05) is 46.8 Å². The molecule has 6 heteroatoms. The van der Waals surface area contributed by atoms with Crippen molar-refractivity contribution in [2.75, 3.05) is 19.6 Å². The Morgan fingerprint density at radius 2 is 1.69 bits per heavy atom. The first-order valence-corrected chi connectivity index (χ1v) is 13.2. The molecule has 0 bridgehead atoms. The van der Waals surface area contributed by atoms with Crippen molar-refractivity contribution in [1.82, 2.24) is 14.8 Å². The van der Waals surface area contributed by atoms with Crippen LogP contribution in [0.25, 0.3) is 10.9 Å². The number of para-hydroxylation sites is 1. The second kappa shape index (κ2) is 12.0. The number of hydrogen-bond donors (Lipinski definition) is 1. The number of carbonyl (C=O) groups excluding carboxylic acids is 2. The average molecular weight is 547 g/mol. The second-order valence-electron chi connectivity index (χ2n) is 9.15. The number of nitrogens with one attached hydrogen (secondary N) is 1. The van der Waals surface area contributed by atoms with Gasteiger partial charge in [-0.05, 0) is 55.2 Å². The topological polar surface area (TPSA) is 56.4 Å². The number of H-pyrrole nitrogens is 1. The minimum atomic E-state index is -0.126. The molecule has 2 amide bonds. The van der Waals surface area contributed by atoms with Crippen LogP contribution in [0.4, 0.5) is 0 Å². The summed E-state index contributed by atoms with van der Waals surface area (Å²) >= 11 is 3.44. The molecule has 1 heterocycles. The number of aromatic amines is 1. The van der Waals surface area contributed by atoms with Crippen LogP contribution in [0.3, 0.4) is 0 Å². The van der Waals surface area contributed by atoms with E-state index in [1.807, 2.05) is 42.3 Å². The molecular formula is C30H32BrN3O2. The van der Waals surface area contributed by atoms with Crippen LogP contribution in [-0.2, 0) is 17.8 Å². The summed E-state index contributed by atoms with van der Waals surface area (Å²) in [7, 11) is 0. The summed E-state index contributed by atoms with van der Waals surface area (Å²) in [5.41, 5.74) is 5.12. The number of amides is 2. The zero-order valence-electron chi connectivity index (χ0n) is 20.8. The van der Waals surface area contributed by atoms with E-state index in [9.17, 15) is 9.59 Å². The summed E-state index contributed by atoms with van der Waals surface area (Å²) in [4.78, 5) is 33.8. The first-order valence-electron chi connectivity index (χ1n) is 12.4.